The van der Waals surface area contributed by atoms with Gasteiger partial charge in [-0.25, -0.2) is 4.79 Å². The minimum absolute atomic E-state index is 0.118. The van der Waals surface area contributed by atoms with Gasteiger partial charge in [0.25, 0.3) is 0 Å². The predicted octanol–water partition coefficient (Wildman–Crippen LogP) is 2.61. The van der Waals surface area contributed by atoms with E-state index >= 15 is 0 Å². The topological polar surface area (TPSA) is 70.6 Å². The highest BCUT2D eigenvalue weighted by Crippen LogP contribution is 2.15. The summed E-state index contributed by atoms with van der Waals surface area (Å²) >= 11 is 0. The summed E-state index contributed by atoms with van der Waals surface area (Å²) in [6.07, 6.45) is 0.943. The number of urea groups is 1. The standard InChI is InChI=1S/C19H25N5O2/c1-15-13-23(14-16-7-4-3-5-8-16)11-6-12-24(15)19(25)20-17-9-10-18(26-2)22-21-17/h3-5,7-10,15H,6,11-14H2,1-2H3,(H,20,21,25). The molecule has 1 atom stereocenters. The molecule has 1 N–H and O–H groups in total. The van der Waals surface area contributed by atoms with Crippen LogP contribution in [-0.4, -0.2) is 58.8 Å². The number of ether oxygens (including phenoxy) is 1. The van der Waals surface area contributed by atoms with Crippen molar-refractivity contribution in [3.05, 3.63) is 48.0 Å². The van der Waals surface area contributed by atoms with Crippen molar-refractivity contribution in [2.24, 2.45) is 0 Å². The molecule has 1 saturated heterocycles. The largest absolute Gasteiger partial charge is 0.480 e. The summed E-state index contributed by atoms with van der Waals surface area (Å²) < 4.78 is 4.98. The summed E-state index contributed by atoms with van der Waals surface area (Å²) in [5.41, 5.74) is 1.30. The van der Waals surface area contributed by atoms with Gasteiger partial charge in [0.15, 0.2) is 5.82 Å². The molecule has 1 aromatic heterocycles. The van der Waals surface area contributed by atoms with Crippen LogP contribution in [0.5, 0.6) is 5.88 Å². The van der Waals surface area contributed by atoms with Crippen LogP contribution >= 0.6 is 0 Å². The minimum atomic E-state index is -0.140. The van der Waals surface area contributed by atoms with E-state index in [2.05, 4.69) is 51.6 Å². The Hall–Kier alpha value is -2.67. The van der Waals surface area contributed by atoms with E-state index in [0.717, 1.165) is 32.6 Å². The van der Waals surface area contributed by atoms with Crippen LogP contribution in [0.4, 0.5) is 10.6 Å². The summed E-state index contributed by atoms with van der Waals surface area (Å²) in [4.78, 5) is 16.9. The zero-order valence-corrected chi connectivity index (χ0v) is 15.3. The van der Waals surface area contributed by atoms with Crippen molar-refractivity contribution in [2.75, 3.05) is 32.1 Å². The SMILES string of the molecule is COc1ccc(NC(=O)N2CCCN(Cc3ccccc3)CC2C)nn1. The number of aromatic nitrogens is 2. The molecule has 0 saturated carbocycles. The van der Waals surface area contributed by atoms with E-state index in [-0.39, 0.29) is 12.1 Å². The first-order valence-corrected chi connectivity index (χ1v) is 8.87. The summed E-state index contributed by atoms with van der Waals surface area (Å²) in [6, 6.07) is 13.8. The van der Waals surface area contributed by atoms with E-state index in [4.69, 9.17) is 4.74 Å². The molecule has 1 aliphatic heterocycles. The zero-order valence-electron chi connectivity index (χ0n) is 15.3. The monoisotopic (exact) mass is 355 g/mol. The van der Waals surface area contributed by atoms with Crippen LogP contribution in [0.15, 0.2) is 42.5 Å². The van der Waals surface area contributed by atoms with E-state index in [0.29, 0.717) is 11.7 Å². The maximum atomic E-state index is 12.6. The first kappa shape index (κ1) is 18.1. The molecule has 7 nitrogen and oxygen atoms in total. The third-order valence-electron chi connectivity index (χ3n) is 4.52. The van der Waals surface area contributed by atoms with Crippen LogP contribution in [0.2, 0.25) is 0 Å². The van der Waals surface area contributed by atoms with E-state index in [9.17, 15) is 4.79 Å². The van der Waals surface area contributed by atoms with E-state index in [1.165, 1.54) is 12.7 Å². The Morgan fingerprint density at radius 3 is 2.69 bits per heavy atom. The van der Waals surface area contributed by atoms with Crippen LogP contribution in [0.25, 0.3) is 0 Å². The smallest absolute Gasteiger partial charge is 0.323 e. The van der Waals surface area contributed by atoms with Gasteiger partial charge in [0.1, 0.15) is 0 Å². The number of anilines is 1. The lowest BCUT2D eigenvalue weighted by molar-refractivity contribution is 0.184. The second-order valence-corrected chi connectivity index (χ2v) is 6.51. The second kappa shape index (κ2) is 8.62. The molecule has 2 aromatic rings. The number of nitrogens with zero attached hydrogens (tertiary/aromatic N) is 4. The maximum Gasteiger partial charge on any atom is 0.323 e. The predicted molar refractivity (Wildman–Crippen MR) is 100 cm³/mol. The molecule has 0 aliphatic carbocycles. The molecule has 1 aliphatic rings. The number of rotatable bonds is 4. The Morgan fingerprint density at radius 2 is 2.00 bits per heavy atom. The fraction of sp³-hybridized carbons (Fsp3) is 0.421. The molecule has 1 unspecified atom stereocenters. The highest BCUT2D eigenvalue weighted by molar-refractivity contribution is 5.88. The Morgan fingerprint density at radius 1 is 1.19 bits per heavy atom. The molecular weight excluding hydrogens is 330 g/mol. The molecule has 138 valence electrons. The number of benzene rings is 1. The molecule has 2 heterocycles. The van der Waals surface area contributed by atoms with Crippen molar-refractivity contribution in [1.29, 1.82) is 0 Å². The average Bonchev–Trinajstić information content (AvgIpc) is 2.84. The van der Waals surface area contributed by atoms with Gasteiger partial charge in [-0.1, -0.05) is 30.3 Å². The average molecular weight is 355 g/mol. The van der Waals surface area contributed by atoms with Gasteiger partial charge in [-0.15, -0.1) is 10.2 Å². The lowest BCUT2D eigenvalue weighted by Gasteiger charge is -2.29. The Balaban J connectivity index is 1.58. The van der Waals surface area contributed by atoms with Crippen LogP contribution < -0.4 is 10.1 Å². The lowest BCUT2D eigenvalue weighted by atomic mass is 10.2. The van der Waals surface area contributed by atoms with Crippen molar-refractivity contribution in [3.63, 3.8) is 0 Å². The summed E-state index contributed by atoms with van der Waals surface area (Å²) in [6.45, 7) is 5.54. The summed E-state index contributed by atoms with van der Waals surface area (Å²) in [5.74, 6) is 0.844. The van der Waals surface area contributed by atoms with Gasteiger partial charge >= 0.3 is 6.03 Å². The highest BCUT2D eigenvalue weighted by atomic mass is 16.5. The first-order chi connectivity index (χ1) is 12.7. The first-order valence-electron chi connectivity index (χ1n) is 8.87. The zero-order chi connectivity index (χ0) is 18.4. The van der Waals surface area contributed by atoms with E-state index in [1.807, 2.05) is 11.0 Å². The number of nitrogens with one attached hydrogen (secondary N) is 1. The van der Waals surface area contributed by atoms with Crippen LogP contribution in [0.3, 0.4) is 0 Å². The van der Waals surface area contributed by atoms with Crippen molar-refractivity contribution >= 4 is 11.8 Å². The molecule has 1 fully saturated rings. The summed E-state index contributed by atoms with van der Waals surface area (Å²) in [7, 11) is 1.53. The maximum absolute atomic E-state index is 12.6. The summed E-state index contributed by atoms with van der Waals surface area (Å²) in [5, 5.41) is 10.7. The van der Waals surface area contributed by atoms with E-state index < -0.39 is 0 Å². The normalized spacial score (nSPS) is 18.2. The number of hydrogen-bond donors (Lipinski definition) is 1. The van der Waals surface area contributed by atoms with Gasteiger partial charge < -0.3 is 9.64 Å². The molecule has 0 spiro atoms. The van der Waals surface area contributed by atoms with E-state index in [1.54, 1.807) is 12.1 Å². The van der Waals surface area contributed by atoms with Crippen molar-refractivity contribution in [3.8, 4) is 5.88 Å². The lowest BCUT2D eigenvalue weighted by Crippen LogP contribution is -2.44. The van der Waals surface area contributed by atoms with Gasteiger partial charge in [0.2, 0.25) is 5.88 Å². The molecule has 0 radical (unpaired) electrons. The number of carbonyl (C=O) groups is 1. The fourth-order valence-electron chi connectivity index (χ4n) is 3.21. The molecule has 7 heteroatoms. The van der Waals surface area contributed by atoms with Gasteiger partial charge in [0.05, 0.1) is 7.11 Å². The second-order valence-electron chi connectivity index (χ2n) is 6.51. The van der Waals surface area contributed by atoms with Gasteiger partial charge in [-0.2, -0.15) is 0 Å². The Bertz CT molecular complexity index is 708. The molecular formula is C19H25N5O2. The number of methoxy groups -OCH3 is 1. The number of hydrogen-bond acceptors (Lipinski definition) is 5. The molecule has 26 heavy (non-hydrogen) atoms. The quantitative estimate of drug-likeness (QED) is 0.913. The van der Waals surface area contributed by atoms with Crippen molar-refractivity contribution < 1.29 is 9.53 Å². The van der Waals surface area contributed by atoms with Crippen LogP contribution in [-0.2, 0) is 6.54 Å². The van der Waals surface area contributed by atoms with Crippen LogP contribution in [0.1, 0.15) is 18.9 Å². The molecule has 2 amide bonds. The van der Waals surface area contributed by atoms with Crippen molar-refractivity contribution in [2.45, 2.75) is 25.9 Å². The van der Waals surface area contributed by atoms with Gasteiger partial charge in [0, 0.05) is 38.3 Å². The molecule has 3 rings (SSSR count). The minimum Gasteiger partial charge on any atom is -0.480 e. The third kappa shape index (κ3) is 4.70. The molecule has 0 bridgehead atoms. The highest BCUT2D eigenvalue weighted by Gasteiger charge is 2.25. The number of amides is 2. The van der Waals surface area contributed by atoms with Crippen molar-refractivity contribution in [1.82, 2.24) is 20.0 Å². The number of carbonyl (C=O) groups excluding carboxylic acids is 1. The fourth-order valence-corrected chi connectivity index (χ4v) is 3.21. The third-order valence-corrected chi connectivity index (χ3v) is 4.52. The van der Waals surface area contributed by atoms with Gasteiger partial charge in [-0.3, -0.25) is 10.2 Å². The van der Waals surface area contributed by atoms with Crippen LogP contribution in [0, 0.1) is 0 Å². The molecule has 1 aromatic carbocycles. The Labute approximate surface area is 154 Å². The Kier molecular flexibility index (Phi) is 6.01. The van der Waals surface area contributed by atoms with Gasteiger partial charge in [-0.05, 0) is 25.0 Å².